The molecule has 0 spiro atoms. The summed E-state index contributed by atoms with van der Waals surface area (Å²) in [6.45, 7) is 2.66. The van der Waals surface area contributed by atoms with Crippen LogP contribution in [0, 0.1) is 17.8 Å². The number of ether oxygens (including phenoxy) is 2. The van der Waals surface area contributed by atoms with Gasteiger partial charge in [-0.1, -0.05) is 0 Å². The monoisotopic (exact) mass is 583 g/mol. The molecule has 1 aliphatic heterocycles. The number of fused-ring (bicyclic) bond motifs is 3. The number of phenolic OH excluding ortho intramolecular Hbond substituents is 1. The van der Waals surface area contributed by atoms with Crippen LogP contribution in [0.4, 0.5) is 0 Å². The number of methoxy groups -OCH3 is 1. The summed E-state index contributed by atoms with van der Waals surface area (Å²) in [5.41, 5.74) is 2.92. The molecule has 1 aromatic carbocycles. The third-order valence-corrected chi connectivity index (χ3v) is 9.69. The number of aliphatic hydroxyl groups excluding tert-OH is 2. The van der Waals surface area contributed by atoms with Gasteiger partial charge in [0.1, 0.15) is 28.6 Å². The van der Waals surface area contributed by atoms with Gasteiger partial charge in [-0.3, -0.25) is 24.2 Å². The molecule has 5 aliphatic rings. The first-order valence-electron chi connectivity index (χ1n) is 14.3. The van der Waals surface area contributed by atoms with Gasteiger partial charge in [-0.2, -0.15) is 0 Å². The summed E-state index contributed by atoms with van der Waals surface area (Å²) in [6.07, 6.45) is 2.54. The maximum atomic E-state index is 14.0. The first-order chi connectivity index (χ1) is 19.9. The lowest BCUT2D eigenvalue weighted by Gasteiger charge is -2.50. The maximum Gasteiger partial charge on any atom is 0.255 e. The molecule has 6 rings (SSSR count). The summed E-state index contributed by atoms with van der Waals surface area (Å²) < 4.78 is 11.7. The highest BCUT2D eigenvalue weighted by Crippen LogP contribution is 2.55. The molecule has 42 heavy (non-hydrogen) atoms. The molecule has 1 aromatic rings. The van der Waals surface area contributed by atoms with Crippen molar-refractivity contribution in [2.45, 2.75) is 43.4 Å². The van der Waals surface area contributed by atoms with Gasteiger partial charge in [0, 0.05) is 35.7 Å². The number of hydrogen-bond acceptors (Lipinski definition) is 11. The van der Waals surface area contributed by atoms with Crippen molar-refractivity contribution in [3.63, 3.8) is 0 Å². The third-order valence-electron chi connectivity index (χ3n) is 9.69. The Morgan fingerprint density at radius 2 is 1.95 bits per heavy atom. The SMILES string of the molecule is COc1c(C2COCCN2CC2CC2)cc(O)c2c1C[C@H]1C[C@H]3[C@H](N(C)C)C(=O)C(C(N)=O)=C(O)[C@@]3(O)C(=O)C1=C2O. The Morgan fingerprint density at radius 1 is 1.24 bits per heavy atom. The number of Topliss-reactive ketones (excluding diaryl/α,β-unsaturated/α-hetero) is 2. The van der Waals surface area contributed by atoms with Crippen molar-refractivity contribution in [2.24, 2.45) is 23.5 Å². The summed E-state index contributed by atoms with van der Waals surface area (Å²) >= 11 is 0. The number of carbonyl (C=O) groups excluding carboxylic acids is 3. The maximum absolute atomic E-state index is 14.0. The zero-order valence-corrected chi connectivity index (χ0v) is 23.9. The predicted molar refractivity (Wildman–Crippen MR) is 149 cm³/mol. The molecule has 12 nitrogen and oxygen atoms in total. The number of primary amides is 1. The Hall–Kier alpha value is -3.45. The molecule has 226 valence electrons. The van der Waals surface area contributed by atoms with Crippen molar-refractivity contribution in [3.05, 3.63) is 39.7 Å². The molecule has 1 heterocycles. The van der Waals surface area contributed by atoms with E-state index in [9.17, 15) is 34.8 Å². The number of nitrogens with zero attached hydrogens (tertiary/aromatic N) is 2. The number of carbonyl (C=O) groups is 3. The molecule has 1 amide bonds. The molecule has 2 saturated carbocycles. The number of ketones is 2. The van der Waals surface area contributed by atoms with Crippen molar-refractivity contribution in [2.75, 3.05) is 47.5 Å². The number of likely N-dealkylation sites (N-methyl/N-ethyl adjacent to an activating group) is 1. The lowest BCUT2D eigenvalue weighted by molar-refractivity contribution is -0.153. The van der Waals surface area contributed by atoms with E-state index in [2.05, 4.69) is 4.90 Å². The van der Waals surface area contributed by atoms with Crippen molar-refractivity contribution < 1.29 is 44.3 Å². The minimum absolute atomic E-state index is 0.0114. The van der Waals surface area contributed by atoms with E-state index in [1.54, 1.807) is 14.1 Å². The van der Waals surface area contributed by atoms with Crippen LogP contribution < -0.4 is 10.5 Å². The molecule has 0 bridgehead atoms. The van der Waals surface area contributed by atoms with Gasteiger partial charge in [-0.05, 0) is 57.7 Å². The first-order valence-corrected chi connectivity index (χ1v) is 14.3. The lowest BCUT2D eigenvalue weighted by Crippen LogP contribution is -2.65. The number of benzene rings is 1. The van der Waals surface area contributed by atoms with Crippen LogP contribution in [0.25, 0.3) is 5.76 Å². The van der Waals surface area contributed by atoms with Crippen LogP contribution in [0.15, 0.2) is 23.0 Å². The fraction of sp³-hybridized carbons (Fsp3) is 0.567. The second-order valence-corrected chi connectivity index (χ2v) is 12.4. The molecule has 4 aliphatic carbocycles. The van der Waals surface area contributed by atoms with Crippen LogP contribution in [0.3, 0.4) is 0 Å². The van der Waals surface area contributed by atoms with Crippen LogP contribution in [0.5, 0.6) is 11.5 Å². The first kappa shape index (κ1) is 28.7. The number of rotatable bonds is 6. The van der Waals surface area contributed by atoms with E-state index < -0.39 is 58.0 Å². The summed E-state index contributed by atoms with van der Waals surface area (Å²) in [7, 11) is 4.66. The van der Waals surface area contributed by atoms with Crippen LogP contribution in [-0.4, -0.2) is 107 Å². The zero-order chi connectivity index (χ0) is 30.2. The summed E-state index contributed by atoms with van der Waals surface area (Å²) in [5.74, 6) is -5.71. The van der Waals surface area contributed by atoms with Crippen molar-refractivity contribution in [1.82, 2.24) is 9.80 Å². The van der Waals surface area contributed by atoms with E-state index in [0.717, 1.165) is 18.7 Å². The number of aliphatic hydroxyl groups is 3. The van der Waals surface area contributed by atoms with Crippen LogP contribution in [0.2, 0.25) is 0 Å². The fourth-order valence-corrected chi connectivity index (χ4v) is 7.58. The Bertz CT molecular complexity index is 1450. The molecule has 6 N–H and O–H groups in total. The average molecular weight is 584 g/mol. The molecular formula is C30H37N3O9. The third kappa shape index (κ3) is 4.07. The van der Waals surface area contributed by atoms with Crippen molar-refractivity contribution in [3.8, 4) is 11.5 Å². The number of amides is 1. The van der Waals surface area contributed by atoms with Gasteiger partial charge in [0.2, 0.25) is 5.78 Å². The van der Waals surface area contributed by atoms with Gasteiger partial charge in [0.25, 0.3) is 5.91 Å². The van der Waals surface area contributed by atoms with Gasteiger partial charge in [0.05, 0.1) is 38.0 Å². The predicted octanol–water partition coefficient (Wildman–Crippen LogP) is 0.756. The van der Waals surface area contributed by atoms with E-state index in [-0.39, 0.29) is 35.8 Å². The van der Waals surface area contributed by atoms with Crippen LogP contribution in [0.1, 0.15) is 42.0 Å². The number of hydrogen-bond donors (Lipinski definition) is 5. The van der Waals surface area contributed by atoms with E-state index in [1.165, 1.54) is 30.9 Å². The van der Waals surface area contributed by atoms with Gasteiger partial charge in [-0.25, -0.2) is 0 Å². The standard InChI is InChI=1S/C30H37N3O9/c1-32(2)23-17-9-14-8-16-21(24(35)20(14)27(37)30(17,40)28(38)22(25(23)36)29(31)39)19(34)10-15(26(16)41-3)18-12-42-7-6-33(18)11-13-4-5-13/h10,13-14,17-18,23,34-35,38,40H,4-9,11-12H2,1-3H3,(H2,31,39)/t14-,17-,18?,23-,30-/m0/s1. The minimum Gasteiger partial charge on any atom is -0.508 e. The Labute approximate surface area is 243 Å². The molecule has 0 aromatic heterocycles. The molecule has 1 unspecified atom stereocenters. The second kappa shape index (κ2) is 10.1. The van der Waals surface area contributed by atoms with Gasteiger partial charge in [0.15, 0.2) is 11.4 Å². The van der Waals surface area contributed by atoms with Gasteiger partial charge in [-0.15, -0.1) is 0 Å². The summed E-state index contributed by atoms with van der Waals surface area (Å²) in [4.78, 5) is 43.3. The highest BCUT2D eigenvalue weighted by atomic mass is 16.5. The number of morpholine rings is 1. The van der Waals surface area contributed by atoms with E-state index in [4.69, 9.17) is 15.2 Å². The molecule has 3 fully saturated rings. The lowest BCUT2D eigenvalue weighted by atomic mass is 9.57. The average Bonchev–Trinajstić information content (AvgIpc) is 3.74. The van der Waals surface area contributed by atoms with E-state index in [1.807, 2.05) is 0 Å². The Kier molecular flexibility index (Phi) is 6.88. The number of nitrogens with two attached hydrogens (primary N) is 1. The quantitative estimate of drug-likeness (QED) is 0.298. The van der Waals surface area contributed by atoms with E-state index >= 15 is 0 Å². The molecule has 12 heteroatoms. The summed E-state index contributed by atoms with van der Waals surface area (Å²) in [6, 6.07) is 0.210. The highest BCUT2D eigenvalue weighted by Gasteiger charge is 2.64. The van der Waals surface area contributed by atoms with Gasteiger partial charge >= 0.3 is 0 Å². The Morgan fingerprint density at radius 3 is 2.57 bits per heavy atom. The largest absolute Gasteiger partial charge is 0.508 e. The topological polar surface area (TPSA) is 183 Å². The van der Waals surface area contributed by atoms with Crippen molar-refractivity contribution in [1.29, 1.82) is 0 Å². The van der Waals surface area contributed by atoms with E-state index in [0.29, 0.717) is 30.4 Å². The summed E-state index contributed by atoms with van der Waals surface area (Å²) in [5, 5.41) is 45.6. The van der Waals surface area contributed by atoms with Crippen molar-refractivity contribution >= 4 is 23.2 Å². The number of aromatic hydroxyl groups is 1. The number of phenols is 1. The second-order valence-electron chi connectivity index (χ2n) is 12.4. The molecular weight excluding hydrogens is 546 g/mol. The molecule has 1 saturated heterocycles. The normalized spacial score (nSPS) is 31.6. The van der Waals surface area contributed by atoms with Crippen LogP contribution >= 0.6 is 0 Å². The minimum atomic E-state index is -2.67. The smallest absolute Gasteiger partial charge is 0.255 e. The van der Waals surface area contributed by atoms with Crippen LogP contribution in [-0.2, 0) is 25.5 Å². The van der Waals surface area contributed by atoms with Gasteiger partial charge < -0.3 is 35.6 Å². The zero-order valence-electron chi connectivity index (χ0n) is 23.9. The molecule has 5 atom stereocenters. The fourth-order valence-electron chi connectivity index (χ4n) is 7.58. The Balaban J connectivity index is 1.49. The molecule has 0 radical (unpaired) electrons. The highest BCUT2D eigenvalue weighted by molar-refractivity contribution is 6.24.